The van der Waals surface area contributed by atoms with Gasteiger partial charge >= 0.3 is 0 Å². The van der Waals surface area contributed by atoms with E-state index in [9.17, 15) is 4.79 Å². The van der Waals surface area contributed by atoms with E-state index in [-0.39, 0.29) is 11.5 Å². The fraction of sp³-hybridized carbons (Fsp3) is 0.562. The standard InChI is InChI=1S/C16H21ClN2O3/c1-2-18-14-4-3-12(17)9-13(14)15(20)19-6-8-22-16(10-19)5-7-21-11-16/h3-4,9,18H,2,5-8,10-11H2,1H3/t16-/m1/s1. The van der Waals surface area contributed by atoms with Crippen molar-refractivity contribution in [3.8, 4) is 0 Å². The molecule has 1 atom stereocenters. The van der Waals surface area contributed by atoms with E-state index in [4.69, 9.17) is 21.1 Å². The topological polar surface area (TPSA) is 50.8 Å². The van der Waals surface area contributed by atoms with E-state index in [1.54, 1.807) is 12.1 Å². The Bertz CT molecular complexity index is 558. The molecule has 2 saturated heterocycles. The van der Waals surface area contributed by atoms with Crippen LogP contribution in [0.3, 0.4) is 0 Å². The first kappa shape index (κ1) is 15.6. The zero-order valence-electron chi connectivity index (χ0n) is 12.7. The lowest BCUT2D eigenvalue weighted by atomic mass is 10.00. The number of morpholine rings is 1. The maximum absolute atomic E-state index is 12.9. The lowest BCUT2D eigenvalue weighted by molar-refractivity contribution is -0.0995. The van der Waals surface area contributed by atoms with Crippen molar-refractivity contribution in [1.82, 2.24) is 4.90 Å². The van der Waals surface area contributed by atoms with Crippen LogP contribution in [0.1, 0.15) is 23.7 Å². The van der Waals surface area contributed by atoms with Crippen LogP contribution in [0, 0.1) is 0 Å². The zero-order valence-corrected chi connectivity index (χ0v) is 13.5. The molecular weight excluding hydrogens is 304 g/mol. The van der Waals surface area contributed by atoms with Gasteiger partial charge in [0.25, 0.3) is 5.91 Å². The summed E-state index contributed by atoms with van der Waals surface area (Å²) in [6.07, 6.45) is 0.840. The Kier molecular flexibility index (Phi) is 4.57. The van der Waals surface area contributed by atoms with Gasteiger partial charge in [0.2, 0.25) is 0 Å². The molecule has 1 aromatic rings. The number of hydrogen-bond donors (Lipinski definition) is 1. The SMILES string of the molecule is CCNc1ccc(Cl)cc1C(=O)N1CCO[C@]2(CCOC2)C1. The van der Waals surface area contributed by atoms with E-state index in [0.717, 1.165) is 18.7 Å². The van der Waals surface area contributed by atoms with Gasteiger partial charge in [-0.1, -0.05) is 11.6 Å². The molecule has 0 bridgehead atoms. The highest BCUT2D eigenvalue weighted by Gasteiger charge is 2.42. The Labute approximate surface area is 135 Å². The zero-order chi connectivity index (χ0) is 15.6. The van der Waals surface area contributed by atoms with Crippen molar-refractivity contribution in [2.75, 3.05) is 44.8 Å². The predicted molar refractivity (Wildman–Crippen MR) is 85.6 cm³/mol. The summed E-state index contributed by atoms with van der Waals surface area (Å²) in [6.45, 7) is 5.73. The number of hydrogen-bond acceptors (Lipinski definition) is 4. The van der Waals surface area contributed by atoms with E-state index in [1.807, 2.05) is 17.9 Å². The van der Waals surface area contributed by atoms with E-state index < -0.39 is 0 Å². The summed E-state index contributed by atoms with van der Waals surface area (Å²) in [5.74, 6) is -0.00646. The molecule has 0 aliphatic carbocycles. The van der Waals surface area contributed by atoms with E-state index >= 15 is 0 Å². The van der Waals surface area contributed by atoms with Gasteiger partial charge in [0, 0.05) is 36.8 Å². The van der Waals surface area contributed by atoms with Crippen LogP contribution in [0.4, 0.5) is 5.69 Å². The van der Waals surface area contributed by atoms with Crippen molar-refractivity contribution in [1.29, 1.82) is 0 Å². The first-order chi connectivity index (χ1) is 10.6. The third kappa shape index (κ3) is 3.07. The van der Waals surface area contributed by atoms with Gasteiger partial charge in [-0.15, -0.1) is 0 Å². The minimum absolute atomic E-state index is 0.00646. The summed E-state index contributed by atoms with van der Waals surface area (Å²) in [7, 11) is 0. The lowest BCUT2D eigenvalue weighted by Gasteiger charge is -2.39. The van der Waals surface area contributed by atoms with Crippen LogP contribution in [0.25, 0.3) is 0 Å². The smallest absolute Gasteiger partial charge is 0.256 e. The number of carbonyl (C=O) groups excluding carboxylic acids is 1. The summed E-state index contributed by atoms with van der Waals surface area (Å²) in [5, 5.41) is 3.79. The van der Waals surface area contributed by atoms with Gasteiger partial charge < -0.3 is 19.7 Å². The van der Waals surface area contributed by atoms with E-state index in [2.05, 4.69) is 5.32 Å². The molecule has 5 nitrogen and oxygen atoms in total. The van der Waals surface area contributed by atoms with Crippen LogP contribution >= 0.6 is 11.6 Å². The Balaban J connectivity index is 1.82. The van der Waals surface area contributed by atoms with Crippen molar-refractivity contribution in [2.45, 2.75) is 18.9 Å². The van der Waals surface area contributed by atoms with Crippen LogP contribution in [-0.2, 0) is 9.47 Å². The minimum atomic E-state index is -0.329. The average molecular weight is 325 g/mol. The molecule has 1 aromatic carbocycles. The number of rotatable bonds is 3. The van der Waals surface area contributed by atoms with E-state index in [0.29, 0.717) is 43.5 Å². The molecule has 1 amide bonds. The number of ether oxygens (including phenoxy) is 2. The molecular formula is C16H21ClN2O3. The third-order valence-corrected chi connectivity index (χ3v) is 4.42. The average Bonchev–Trinajstić information content (AvgIpc) is 2.96. The van der Waals surface area contributed by atoms with Crippen molar-refractivity contribution in [2.24, 2.45) is 0 Å². The molecule has 2 fully saturated rings. The Morgan fingerprint density at radius 1 is 1.45 bits per heavy atom. The van der Waals surface area contributed by atoms with Gasteiger partial charge in [0.15, 0.2) is 0 Å². The minimum Gasteiger partial charge on any atom is -0.385 e. The molecule has 0 unspecified atom stereocenters. The second-order valence-corrected chi connectivity index (χ2v) is 6.22. The van der Waals surface area contributed by atoms with Gasteiger partial charge in [-0.2, -0.15) is 0 Å². The fourth-order valence-corrected chi connectivity index (χ4v) is 3.23. The molecule has 0 radical (unpaired) electrons. The fourth-order valence-electron chi connectivity index (χ4n) is 3.05. The van der Waals surface area contributed by atoms with Crippen LogP contribution in [0.2, 0.25) is 5.02 Å². The first-order valence-electron chi connectivity index (χ1n) is 7.68. The third-order valence-electron chi connectivity index (χ3n) is 4.18. The number of benzene rings is 1. The molecule has 2 aliphatic heterocycles. The molecule has 6 heteroatoms. The molecule has 0 aromatic heterocycles. The molecule has 2 aliphatic rings. The van der Waals surface area contributed by atoms with E-state index in [1.165, 1.54) is 0 Å². The highest BCUT2D eigenvalue weighted by Crippen LogP contribution is 2.29. The normalized spacial score (nSPS) is 24.7. The maximum atomic E-state index is 12.9. The predicted octanol–water partition coefficient (Wildman–Crippen LogP) is 2.40. The summed E-state index contributed by atoms with van der Waals surface area (Å²) < 4.78 is 11.3. The lowest BCUT2D eigenvalue weighted by Crippen LogP contribution is -2.54. The summed E-state index contributed by atoms with van der Waals surface area (Å²) in [4.78, 5) is 14.8. The highest BCUT2D eigenvalue weighted by molar-refractivity contribution is 6.31. The van der Waals surface area contributed by atoms with Gasteiger partial charge in [-0.05, 0) is 25.1 Å². The summed E-state index contributed by atoms with van der Waals surface area (Å²) in [6, 6.07) is 5.38. The van der Waals surface area contributed by atoms with Crippen molar-refractivity contribution < 1.29 is 14.3 Å². The second kappa shape index (κ2) is 6.44. The molecule has 0 saturated carbocycles. The molecule has 2 heterocycles. The number of anilines is 1. The second-order valence-electron chi connectivity index (χ2n) is 5.78. The van der Waals surface area contributed by atoms with Gasteiger partial charge in [0.1, 0.15) is 5.60 Å². The number of amides is 1. The molecule has 1 spiro atoms. The molecule has 3 rings (SSSR count). The summed E-state index contributed by atoms with van der Waals surface area (Å²) >= 11 is 6.08. The van der Waals surface area contributed by atoms with Crippen molar-refractivity contribution in [3.63, 3.8) is 0 Å². The quantitative estimate of drug-likeness (QED) is 0.927. The van der Waals surface area contributed by atoms with Crippen molar-refractivity contribution >= 4 is 23.2 Å². The molecule has 1 N–H and O–H groups in total. The maximum Gasteiger partial charge on any atom is 0.256 e. The van der Waals surface area contributed by atoms with Crippen LogP contribution in [0.5, 0.6) is 0 Å². The molecule has 120 valence electrons. The Morgan fingerprint density at radius 2 is 2.32 bits per heavy atom. The monoisotopic (exact) mass is 324 g/mol. The van der Waals surface area contributed by atoms with Crippen molar-refractivity contribution in [3.05, 3.63) is 28.8 Å². The number of halogens is 1. The van der Waals surface area contributed by atoms with Crippen LogP contribution < -0.4 is 5.32 Å². The van der Waals surface area contributed by atoms with Gasteiger partial charge in [-0.25, -0.2) is 0 Å². The summed E-state index contributed by atoms with van der Waals surface area (Å²) in [5.41, 5.74) is 1.11. The Morgan fingerprint density at radius 3 is 3.05 bits per heavy atom. The Hall–Kier alpha value is -1.30. The van der Waals surface area contributed by atoms with Gasteiger partial charge in [0.05, 0.1) is 25.3 Å². The van der Waals surface area contributed by atoms with Gasteiger partial charge in [-0.3, -0.25) is 4.79 Å². The number of nitrogens with zero attached hydrogens (tertiary/aromatic N) is 1. The van der Waals surface area contributed by atoms with Crippen LogP contribution in [-0.4, -0.2) is 55.9 Å². The van der Waals surface area contributed by atoms with Crippen LogP contribution in [0.15, 0.2) is 18.2 Å². The number of nitrogens with one attached hydrogen (secondary N) is 1. The number of carbonyl (C=O) groups is 1. The highest BCUT2D eigenvalue weighted by atomic mass is 35.5. The first-order valence-corrected chi connectivity index (χ1v) is 8.06. The molecule has 22 heavy (non-hydrogen) atoms. The largest absolute Gasteiger partial charge is 0.385 e.